The Kier molecular flexibility index (Phi) is 2.65. The van der Waals surface area contributed by atoms with Crippen molar-refractivity contribution >= 4 is 11.7 Å². The number of carbonyl (C=O) groups is 1. The Morgan fingerprint density at radius 2 is 2.54 bits per heavy atom. The van der Waals surface area contributed by atoms with Crippen LogP contribution in [0.1, 0.15) is 6.92 Å². The first kappa shape index (κ1) is 9.26. The van der Waals surface area contributed by atoms with E-state index in [9.17, 15) is 4.79 Å². The Morgan fingerprint density at radius 3 is 3.00 bits per heavy atom. The first-order valence-electron chi connectivity index (χ1n) is 3.83. The van der Waals surface area contributed by atoms with Crippen LogP contribution in [0.5, 0.6) is 0 Å². The zero-order chi connectivity index (χ0) is 9.84. The zero-order valence-electron chi connectivity index (χ0n) is 7.48. The highest BCUT2D eigenvalue weighted by atomic mass is 16.1. The number of aromatic nitrogens is 2. The maximum atomic E-state index is 11.2. The van der Waals surface area contributed by atoms with E-state index in [0.29, 0.717) is 5.82 Å². The number of anilines is 1. The second-order valence-corrected chi connectivity index (χ2v) is 2.71. The predicted molar refractivity (Wildman–Crippen MR) is 46.6 cm³/mol. The molecule has 0 fully saturated rings. The van der Waals surface area contributed by atoms with Crippen molar-refractivity contribution in [3.8, 4) is 6.07 Å². The molecule has 0 aromatic carbocycles. The second-order valence-electron chi connectivity index (χ2n) is 2.71. The SMILES string of the molecule is CC(C#N)C(=O)Nc1ccn(C)n1. The van der Waals surface area contributed by atoms with Gasteiger partial charge >= 0.3 is 0 Å². The topological polar surface area (TPSA) is 70.7 Å². The first-order valence-corrected chi connectivity index (χ1v) is 3.83. The van der Waals surface area contributed by atoms with Crippen molar-refractivity contribution in [2.24, 2.45) is 13.0 Å². The minimum atomic E-state index is -0.651. The van der Waals surface area contributed by atoms with Gasteiger partial charge in [-0.25, -0.2) is 0 Å². The summed E-state index contributed by atoms with van der Waals surface area (Å²) in [6.45, 7) is 1.54. The molecule has 1 unspecified atom stereocenters. The molecule has 1 rings (SSSR count). The molecule has 0 aliphatic rings. The van der Waals surface area contributed by atoms with Crippen LogP contribution in [0.2, 0.25) is 0 Å². The van der Waals surface area contributed by atoms with Gasteiger partial charge in [0.2, 0.25) is 5.91 Å². The Morgan fingerprint density at radius 1 is 1.85 bits per heavy atom. The zero-order valence-corrected chi connectivity index (χ0v) is 7.48. The van der Waals surface area contributed by atoms with Gasteiger partial charge in [0.1, 0.15) is 5.92 Å². The molecular weight excluding hydrogens is 168 g/mol. The predicted octanol–water partition coefficient (Wildman–Crippen LogP) is 0.518. The van der Waals surface area contributed by atoms with Gasteiger partial charge in [0.05, 0.1) is 6.07 Å². The molecule has 0 bridgehead atoms. The van der Waals surface area contributed by atoms with Crippen molar-refractivity contribution in [2.45, 2.75) is 6.92 Å². The summed E-state index contributed by atoms with van der Waals surface area (Å²) >= 11 is 0. The molecule has 0 radical (unpaired) electrons. The van der Waals surface area contributed by atoms with Crippen molar-refractivity contribution in [3.05, 3.63) is 12.3 Å². The lowest BCUT2D eigenvalue weighted by atomic mass is 10.2. The van der Waals surface area contributed by atoms with E-state index >= 15 is 0 Å². The van der Waals surface area contributed by atoms with Crippen molar-refractivity contribution < 1.29 is 4.79 Å². The van der Waals surface area contributed by atoms with Crippen LogP contribution in [0, 0.1) is 17.2 Å². The number of hydrogen-bond acceptors (Lipinski definition) is 3. The molecule has 1 aromatic rings. The molecule has 5 nitrogen and oxygen atoms in total. The Hall–Kier alpha value is -1.83. The highest BCUT2D eigenvalue weighted by Gasteiger charge is 2.12. The summed E-state index contributed by atoms with van der Waals surface area (Å²) in [5.74, 6) is -0.516. The number of nitriles is 1. The van der Waals surface area contributed by atoms with E-state index in [1.807, 2.05) is 6.07 Å². The summed E-state index contributed by atoms with van der Waals surface area (Å²) in [7, 11) is 1.75. The molecule has 0 spiro atoms. The highest BCUT2D eigenvalue weighted by molar-refractivity contribution is 5.92. The molecule has 0 aliphatic heterocycles. The fourth-order valence-electron chi connectivity index (χ4n) is 0.775. The Bertz CT molecular complexity index is 349. The summed E-state index contributed by atoms with van der Waals surface area (Å²) in [6, 6.07) is 3.51. The largest absolute Gasteiger partial charge is 0.308 e. The van der Waals surface area contributed by atoms with Gasteiger partial charge in [0.25, 0.3) is 0 Å². The fraction of sp³-hybridized carbons (Fsp3) is 0.375. The molecule has 0 saturated heterocycles. The van der Waals surface area contributed by atoms with E-state index in [4.69, 9.17) is 5.26 Å². The number of amides is 1. The summed E-state index contributed by atoms with van der Waals surface area (Å²) in [5, 5.41) is 14.9. The van der Waals surface area contributed by atoms with Gasteiger partial charge in [0.15, 0.2) is 5.82 Å². The molecule has 1 amide bonds. The maximum absolute atomic E-state index is 11.2. The van der Waals surface area contributed by atoms with Gasteiger partial charge in [0, 0.05) is 19.3 Å². The van der Waals surface area contributed by atoms with Gasteiger partial charge in [-0.05, 0) is 6.92 Å². The third kappa shape index (κ3) is 2.30. The first-order chi connectivity index (χ1) is 6.13. The van der Waals surface area contributed by atoms with Gasteiger partial charge in [-0.1, -0.05) is 0 Å². The molecule has 1 aromatic heterocycles. The lowest BCUT2D eigenvalue weighted by Gasteiger charge is -2.01. The molecule has 1 N–H and O–H groups in total. The van der Waals surface area contributed by atoms with E-state index in [2.05, 4.69) is 10.4 Å². The van der Waals surface area contributed by atoms with Crippen molar-refractivity contribution in [3.63, 3.8) is 0 Å². The third-order valence-electron chi connectivity index (χ3n) is 1.55. The van der Waals surface area contributed by atoms with Crippen molar-refractivity contribution in [1.82, 2.24) is 9.78 Å². The molecule has 13 heavy (non-hydrogen) atoms. The molecular formula is C8H10N4O. The number of rotatable bonds is 2. The Balaban J connectivity index is 2.61. The summed E-state index contributed by atoms with van der Waals surface area (Å²) < 4.78 is 1.58. The van der Waals surface area contributed by atoms with E-state index in [-0.39, 0.29) is 5.91 Å². The quantitative estimate of drug-likeness (QED) is 0.717. The van der Waals surface area contributed by atoms with Crippen LogP contribution in [-0.4, -0.2) is 15.7 Å². The summed E-state index contributed by atoms with van der Waals surface area (Å²) in [6.07, 6.45) is 1.71. The van der Waals surface area contributed by atoms with E-state index in [0.717, 1.165) is 0 Å². The van der Waals surface area contributed by atoms with E-state index in [1.165, 1.54) is 6.92 Å². The minimum Gasteiger partial charge on any atom is -0.308 e. The van der Waals surface area contributed by atoms with Gasteiger partial charge < -0.3 is 5.32 Å². The smallest absolute Gasteiger partial charge is 0.242 e. The summed E-state index contributed by atoms with van der Waals surface area (Å²) in [5.41, 5.74) is 0. The molecule has 5 heteroatoms. The molecule has 68 valence electrons. The van der Waals surface area contributed by atoms with Crippen LogP contribution in [0.3, 0.4) is 0 Å². The number of nitrogens with one attached hydrogen (secondary N) is 1. The van der Waals surface area contributed by atoms with Crippen LogP contribution < -0.4 is 5.32 Å². The second kappa shape index (κ2) is 3.72. The molecule has 0 aliphatic carbocycles. The minimum absolute atomic E-state index is 0.332. The molecule has 1 heterocycles. The average Bonchev–Trinajstić information content (AvgIpc) is 2.49. The average molecular weight is 178 g/mol. The van der Waals surface area contributed by atoms with Crippen LogP contribution >= 0.6 is 0 Å². The van der Waals surface area contributed by atoms with Gasteiger partial charge in [-0.3, -0.25) is 9.48 Å². The highest BCUT2D eigenvalue weighted by Crippen LogP contribution is 2.03. The van der Waals surface area contributed by atoms with Crippen LogP contribution in [-0.2, 0) is 11.8 Å². The van der Waals surface area contributed by atoms with Gasteiger partial charge in [-0.2, -0.15) is 10.4 Å². The number of aryl methyl sites for hydroxylation is 1. The van der Waals surface area contributed by atoms with E-state index in [1.54, 1.807) is 24.0 Å². The lowest BCUT2D eigenvalue weighted by molar-refractivity contribution is -0.117. The lowest BCUT2D eigenvalue weighted by Crippen LogP contribution is -2.19. The number of carbonyl (C=O) groups excluding carboxylic acids is 1. The molecule has 1 atom stereocenters. The van der Waals surface area contributed by atoms with Crippen molar-refractivity contribution in [1.29, 1.82) is 5.26 Å². The normalized spacial score (nSPS) is 11.8. The summed E-state index contributed by atoms with van der Waals surface area (Å²) in [4.78, 5) is 11.2. The third-order valence-corrected chi connectivity index (χ3v) is 1.55. The van der Waals surface area contributed by atoms with E-state index < -0.39 is 5.92 Å². The van der Waals surface area contributed by atoms with Crippen LogP contribution in [0.25, 0.3) is 0 Å². The Labute approximate surface area is 76.0 Å². The fourth-order valence-corrected chi connectivity index (χ4v) is 0.775. The van der Waals surface area contributed by atoms with Crippen LogP contribution in [0.4, 0.5) is 5.82 Å². The monoisotopic (exact) mass is 178 g/mol. The van der Waals surface area contributed by atoms with Gasteiger partial charge in [-0.15, -0.1) is 0 Å². The maximum Gasteiger partial charge on any atom is 0.242 e. The number of hydrogen-bond donors (Lipinski definition) is 1. The van der Waals surface area contributed by atoms with Crippen molar-refractivity contribution in [2.75, 3.05) is 5.32 Å². The standard InChI is InChI=1S/C8H10N4O/c1-6(5-9)8(13)10-7-3-4-12(2)11-7/h3-4,6H,1-2H3,(H,10,11,13). The molecule has 0 saturated carbocycles. The van der Waals surface area contributed by atoms with Crippen LogP contribution in [0.15, 0.2) is 12.3 Å². The number of nitrogens with zero attached hydrogens (tertiary/aromatic N) is 3.